The molecule has 1 rings (SSSR count). The number of benzene rings is 1. The summed E-state index contributed by atoms with van der Waals surface area (Å²) in [5.74, 6) is 0.195. The molecule has 2 atom stereocenters. The maximum Gasteiger partial charge on any atom is 0.137 e. The van der Waals surface area contributed by atoms with Gasteiger partial charge in [-0.3, -0.25) is 0 Å². The van der Waals surface area contributed by atoms with Gasteiger partial charge in [0.2, 0.25) is 0 Å². The second-order valence-corrected chi connectivity index (χ2v) is 5.42. The highest BCUT2D eigenvalue weighted by Crippen LogP contribution is 2.29. The molecule has 0 radical (unpaired) electrons. The Morgan fingerprint density at radius 1 is 1.43 bits per heavy atom. The van der Waals surface area contributed by atoms with E-state index in [1.165, 1.54) is 6.07 Å². The van der Waals surface area contributed by atoms with E-state index in [1.54, 1.807) is 0 Å². The maximum absolute atomic E-state index is 13.0. The molecular formula is C11H13Br2F. The predicted octanol–water partition coefficient (Wildman–Crippen LogP) is 4.87. The summed E-state index contributed by atoms with van der Waals surface area (Å²) in [6.07, 6.45) is 1.07. The van der Waals surface area contributed by atoms with Gasteiger partial charge in [0.25, 0.3) is 0 Å². The lowest BCUT2D eigenvalue weighted by Crippen LogP contribution is -2.07. The monoisotopic (exact) mass is 322 g/mol. The van der Waals surface area contributed by atoms with E-state index in [4.69, 9.17) is 0 Å². The first kappa shape index (κ1) is 12.2. The number of hydrogen-bond acceptors (Lipinski definition) is 0. The van der Waals surface area contributed by atoms with Crippen LogP contribution in [0.5, 0.6) is 0 Å². The lowest BCUT2D eigenvalue weighted by Gasteiger charge is -2.17. The first-order chi connectivity index (χ1) is 6.56. The fourth-order valence-corrected chi connectivity index (χ4v) is 2.06. The van der Waals surface area contributed by atoms with Crippen LogP contribution < -0.4 is 0 Å². The van der Waals surface area contributed by atoms with E-state index in [0.717, 1.165) is 12.0 Å². The Labute approximate surface area is 101 Å². The molecular weight excluding hydrogens is 311 g/mol. The third-order valence-electron chi connectivity index (χ3n) is 2.40. The molecule has 0 bridgehead atoms. The minimum Gasteiger partial charge on any atom is -0.206 e. The van der Waals surface area contributed by atoms with Crippen molar-refractivity contribution >= 4 is 31.9 Å². The van der Waals surface area contributed by atoms with E-state index in [1.807, 2.05) is 12.1 Å². The Bertz CT molecular complexity index is 312. The third-order valence-corrected chi connectivity index (χ3v) is 4.45. The lowest BCUT2D eigenvalue weighted by atomic mass is 9.96. The zero-order chi connectivity index (χ0) is 10.7. The quantitative estimate of drug-likeness (QED) is 0.696. The standard InChI is InChI=1S/C11H13Br2F/c1-3-9(12)7(2)8-4-5-11(14)10(13)6-8/h4-7,9H,3H2,1-2H3. The molecule has 1 aromatic rings. The smallest absolute Gasteiger partial charge is 0.137 e. The third kappa shape index (κ3) is 2.80. The molecule has 0 aliphatic carbocycles. The molecule has 0 aliphatic heterocycles. The Balaban J connectivity index is 2.91. The molecule has 0 heterocycles. The van der Waals surface area contributed by atoms with Crippen LogP contribution in [0.4, 0.5) is 4.39 Å². The van der Waals surface area contributed by atoms with Gasteiger partial charge in [-0.05, 0) is 46.0 Å². The zero-order valence-electron chi connectivity index (χ0n) is 8.23. The van der Waals surface area contributed by atoms with Crippen LogP contribution in [0.25, 0.3) is 0 Å². The first-order valence-corrected chi connectivity index (χ1v) is 6.36. The van der Waals surface area contributed by atoms with Crippen LogP contribution in [0.2, 0.25) is 0 Å². The SMILES string of the molecule is CCC(Br)C(C)c1ccc(F)c(Br)c1. The van der Waals surface area contributed by atoms with Gasteiger partial charge < -0.3 is 0 Å². The molecule has 0 N–H and O–H groups in total. The normalized spacial score (nSPS) is 15.2. The molecule has 0 amide bonds. The Morgan fingerprint density at radius 3 is 2.57 bits per heavy atom. The Kier molecular flexibility index (Phi) is 4.58. The first-order valence-electron chi connectivity index (χ1n) is 4.65. The average Bonchev–Trinajstić information content (AvgIpc) is 2.20. The highest BCUT2D eigenvalue weighted by atomic mass is 79.9. The van der Waals surface area contributed by atoms with Crippen molar-refractivity contribution in [2.75, 3.05) is 0 Å². The molecule has 1 aromatic carbocycles. The molecule has 0 spiro atoms. The summed E-state index contributed by atoms with van der Waals surface area (Å²) in [5.41, 5.74) is 1.15. The Hall–Kier alpha value is 0.110. The zero-order valence-corrected chi connectivity index (χ0v) is 11.4. The van der Waals surface area contributed by atoms with Crippen LogP contribution in [0.3, 0.4) is 0 Å². The van der Waals surface area contributed by atoms with Gasteiger partial charge in [-0.15, -0.1) is 0 Å². The van der Waals surface area contributed by atoms with Crippen molar-refractivity contribution in [1.82, 2.24) is 0 Å². The summed E-state index contributed by atoms with van der Waals surface area (Å²) < 4.78 is 13.5. The predicted molar refractivity (Wildman–Crippen MR) is 65.5 cm³/mol. The van der Waals surface area contributed by atoms with Crippen molar-refractivity contribution < 1.29 is 4.39 Å². The average molecular weight is 324 g/mol. The Morgan fingerprint density at radius 2 is 2.07 bits per heavy atom. The van der Waals surface area contributed by atoms with Gasteiger partial charge in [0.1, 0.15) is 5.82 Å². The number of rotatable bonds is 3. The van der Waals surface area contributed by atoms with E-state index >= 15 is 0 Å². The van der Waals surface area contributed by atoms with E-state index < -0.39 is 0 Å². The largest absolute Gasteiger partial charge is 0.206 e. The van der Waals surface area contributed by atoms with Crippen LogP contribution in [-0.4, -0.2) is 4.83 Å². The molecule has 0 saturated heterocycles. The van der Waals surface area contributed by atoms with Gasteiger partial charge in [0, 0.05) is 4.83 Å². The maximum atomic E-state index is 13.0. The van der Waals surface area contributed by atoms with Gasteiger partial charge >= 0.3 is 0 Å². The van der Waals surface area contributed by atoms with Crippen molar-refractivity contribution in [2.45, 2.75) is 31.0 Å². The lowest BCUT2D eigenvalue weighted by molar-refractivity contribution is 0.617. The highest BCUT2D eigenvalue weighted by molar-refractivity contribution is 9.10. The van der Waals surface area contributed by atoms with Gasteiger partial charge in [-0.1, -0.05) is 35.8 Å². The summed E-state index contributed by atoms with van der Waals surface area (Å²) in [6.45, 7) is 4.27. The summed E-state index contributed by atoms with van der Waals surface area (Å²) in [4.78, 5) is 0.444. The fraction of sp³-hybridized carbons (Fsp3) is 0.455. The number of halogens is 3. The molecule has 0 aromatic heterocycles. The van der Waals surface area contributed by atoms with Crippen molar-refractivity contribution in [3.8, 4) is 0 Å². The minimum atomic E-state index is -0.205. The van der Waals surface area contributed by atoms with Crippen LogP contribution >= 0.6 is 31.9 Å². The topological polar surface area (TPSA) is 0 Å². The number of alkyl halides is 1. The van der Waals surface area contributed by atoms with Crippen molar-refractivity contribution in [2.24, 2.45) is 0 Å². The summed E-state index contributed by atoms with van der Waals surface area (Å²) in [5, 5.41) is 0. The molecule has 0 aliphatic rings. The second kappa shape index (κ2) is 5.26. The summed E-state index contributed by atoms with van der Waals surface area (Å²) >= 11 is 6.81. The molecule has 78 valence electrons. The molecule has 14 heavy (non-hydrogen) atoms. The van der Waals surface area contributed by atoms with Gasteiger partial charge in [0.15, 0.2) is 0 Å². The van der Waals surface area contributed by atoms with E-state index in [2.05, 4.69) is 45.7 Å². The summed E-state index contributed by atoms with van der Waals surface area (Å²) in [6, 6.07) is 5.20. The van der Waals surface area contributed by atoms with Crippen molar-refractivity contribution in [1.29, 1.82) is 0 Å². The van der Waals surface area contributed by atoms with E-state index in [-0.39, 0.29) is 5.82 Å². The molecule has 2 unspecified atom stereocenters. The van der Waals surface area contributed by atoms with E-state index in [9.17, 15) is 4.39 Å². The van der Waals surface area contributed by atoms with Crippen molar-refractivity contribution in [3.63, 3.8) is 0 Å². The van der Waals surface area contributed by atoms with Crippen LogP contribution in [0.15, 0.2) is 22.7 Å². The second-order valence-electron chi connectivity index (χ2n) is 3.39. The van der Waals surface area contributed by atoms with Crippen LogP contribution in [0.1, 0.15) is 31.7 Å². The van der Waals surface area contributed by atoms with Gasteiger partial charge in [0.05, 0.1) is 4.47 Å². The van der Waals surface area contributed by atoms with Gasteiger partial charge in [-0.25, -0.2) is 4.39 Å². The number of hydrogen-bond donors (Lipinski definition) is 0. The van der Waals surface area contributed by atoms with E-state index in [0.29, 0.717) is 15.2 Å². The minimum absolute atomic E-state index is 0.205. The molecule has 0 saturated carbocycles. The molecule has 0 fully saturated rings. The van der Waals surface area contributed by atoms with Crippen LogP contribution in [-0.2, 0) is 0 Å². The molecule has 3 heteroatoms. The fourth-order valence-electron chi connectivity index (χ4n) is 1.36. The van der Waals surface area contributed by atoms with Gasteiger partial charge in [-0.2, -0.15) is 0 Å². The summed E-state index contributed by atoms with van der Waals surface area (Å²) in [7, 11) is 0. The van der Waals surface area contributed by atoms with Crippen molar-refractivity contribution in [3.05, 3.63) is 34.1 Å². The highest BCUT2D eigenvalue weighted by Gasteiger charge is 2.14. The van der Waals surface area contributed by atoms with Crippen LogP contribution in [0, 0.1) is 5.82 Å². The molecule has 0 nitrogen and oxygen atoms in total.